The molecule has 1 aliphatic rings. The molecular weight excluding hydrogens is 294 g/mol. The van der Waals surface area contributed by atoms with E-state index in [9.17, 15) is 0 Å². The zero-order chi connectivity index (χ0) is 12.8. The van der Waals surface area contributed by atoms with E-state index in [0.717, 1.165) is 36.2 Å². The van der Waals surface area contributed by atoms with Gasteiger partial charge >= 0.3 is 0 Å². The second-order valence-corrected chi connectivity index (χ2v) is 5.42. The Morgan fingerprint density at radius 3 is 2.67 bits per heavy atom. The maximum atomic E-state index is 5.64. The molecule has 0 heterocycles. The van der Waals surface area contributed by atoms with E-state index < -0.39 is 0 Å². The van der Waals surface area contributed by atoms with Crippen molar-refractivity contribution in [2.45, 2.75) is 31.9 Å². The predicted molar refractivity (Wildman–Crippen MR) is 76.1 cm³/mol. The third kappa shape index (κ3) is 4.26. The van der Waals surface area contributed by atoms with Crippen LogP contribution in [0.25, 0.3) is 0 Å². The Labute approximate surface area is 117 Å². The minimum absolute atomic E-state index is 0.472. The van der Waals surface area contributed by atoms with Crippen molar-refractivity contribution in [3.8, 4) is 5.75 Å². The summed E-state index contributed by atoms with van der Waals surface area (Å²) in [7, 11) is 0. The van der Waals surface area contributed by atoms with Crippen molar-refractivity contribution in [1.82, 2.24) is 5.32 Å². The Bertz CT molecular complexity index is 349. The molecule has 2 rings (SSSR count). The summed E-state index contributed by atoms with van der Waals surface area (Å²) in [4.78, 5) is 0. The first-order valence-electron chi connectivity index (χ1n) is 6.51. The molecule has 0 atom stereocenters. The largest absolute Gasteiger partial charge is 0.492 e. The molecule has 0 bridgehead atoms. The molecular formula is C14H20BrNO2. The average molecular weight is 314 g/mol. The van der Waals surface area contributed by atoms with Crippen molar-refractivity contribution in [3.05, 3.63) is 28.7 Å². The maximum Gasteiger partial charge on any atom is 0.119 e. The number of nitrogens with one attached hydrogen (secondary N) is 1. The van der Waals surface area contributed by atoms with Gasteiger partial charge in [0.25, 0.3) is 0 Å². The van der Waals surface area contributed by atoms with Crippen LogP contribution in [0.2, 0.25) is 0 Å². The Kier molecular flexibility index (Phi) is 5.47. The van der Waals surface area contributed by atoms with Crippen molar-refractivity contribution in [1.29, 1.82) is 0 Å². The molecule has 1 saturated carbocycles. The third-order valence-electron chi connectivity index (χ3n) is 3.11. The van der Waals surface area contributed by atoms with E-state index >= 15 is 0 Å². The fraction of sp³-hybridized carbons (Fsp3) is 0.571. The van der Waals surface area contributed by atoms with E-state index in [4.69, 9.17) is 9.47 Å². The highest BCUT2D eigenvalue weighted by molar-refractivity contribution is 9.10. The summed E-state index contributed by atoms with van der Waals surface area (Å²) < 4.78 is 12.2. The molecule has 18 heavy (non-hydrogen) atoms. The van der Waals surface area contributed by atoms with E-state index in [2.05, 4.69) is 21.2 Å². The first-order chi connectivity index (χ1) is 8.78. The van der Waals surface area contributed by atoms with Crippen molar-refractivity contribution in [2.24, 2.45) is 0 Å². The van der Waals surface area contributed by atoms with Gasteiger partial charge in [-0.2, -0.15) is 0 Å². The second kappa shape index (κ2) is 7.12. The first kappa shape index (κ1) is 13.8. The number of halogens is 1. The van der Waals surface area contributed by atoms with Gasteiger partial charge in [0, 0.05) is 23.7 Å². The fourth-order valence-electron chi connectivity index (χ4n) is 2.07. The van der Waals surface area contributed by atoms with Crippen molar-refractivity contribution >= 4 is 15.9 Å². The van der Waals surface area contributed by atoms with E-state index in [0.29, 0.717) is 18.8 Å². The van der Waals surface area contributed by atoms with Crippen LogP contribution in [0.5, 0.6) is 5.75 Å². The highest BCUT2D eigenvalue weighted by atomic mass is 79.9. The van der Waals surface area contributed by atoms with Gasteiger partial charge < -0.3 is 14.8 Å². The SMILES string of the molecule is CCOC1CC(NCCOc2ccc(Br)cc2)C1. The lowest BCUT2D eigenvalue weighted by atomic mass is 9.89. The Balaban J connectivity index is 1.53. The first-order valence-corrected chi connectivity index (χ1v) is 7.30. The van der Waals surface area contributed by atoms with E-state index in [1.807, 2.05) is 31.2 Å². The van der Waals surface area contributed by atoms with Crippen LogP contribution in [0.1, 0.15) is 19.8 Å². The zero-order valence-corrected chi connectivity index (χ0v) is 12.3. The minimum atomic E-state index is 0.472. The normalized spacial score (nSPS) is 22.6. The van der Waals surface area contributed by atoms with Crippen molar-refractivity contribution in [2.75, 3.05) is 19.8 Å². The van der Waals surface area contributed by atoms with Crippen molar-refractivity contribution < 1.29 is 9.47 Å². The van der Waals surface area contributed by atoms with Crippen LogP contribution in [-0.4, -0.2) is 31.9 Å². The van der Waals surface area contributed by atoms with E-state index in [1.54, 1.807) is 0 Å². The van der Waals surface area contributed by atoms with Crippen LogP contribution in [0.15, 0.2) is 28.7 Å². The molecule has 0 unspecified atom stereocenters. The summed E-state index contributed by atoms with van der Waals surface area (Å²) in [6.07, 6.45) is 2.73. The van der Waals surface area contributed by atoms with Gasteiger partial charge in [-0.1, -0.05) is 15.9 Å². The molecule has 4 heteroatoms. The maximum absolute atomic E-state index is 5.64. The van der Waals surface area contributed by atoms with Crippen LogP contribution in [0, 0.1) is 0 Å². The molecule has 1 aromatic carbocycles. The summed E-state index contributed by atoms with van der Waals surface area (Å²) in [5, 5.41) is 3.47. The number of rotatable bonds is 7. The molecule has 0 aromatic heterocycles. The van der Waals surface area contributed by atoms with Crippen LogP contribution in [0.4, 0.5) is 0 Å². The number of benzene rings is 1. The molecule has 0 radical (unpaired) electrons. The molecule has 0 saturated heterocycles. The van der Waals surface area contributed by atoms with Gasteiger partial charge in [0.05, 0.1) is 6.10 Å². The molecule has 1 N–H and O–H groups in total. The van der Waals surface area contributed by atoms with Gasteiger partial charge in [-0.15, -0.1) is 0 Å². The highest BCUT2D eigenvalue weighted by Crippen LogP contribution is 2.22. The lowest BCUT2D eigenvalue weighted by Crippen LogP contribution is -2.46. The standard InChI is InChI=1S/C14H20BrNO2/c1-2-17-14-9-12(10-14)16-7-8-18-13-5-3-11(15)4-6-13/h3-6,12,14,16H,2,7-10H2,1H3. The Hall–Kier alpha value is -0.580. The molecule has 1 fully saturated rings. The van der Waals surface area contributed by atoms with Crippen molar-refractivity contribution in [3.63, 3.8) is 0 Å². The van der Waals surface area contributed by atoms with Gasteiger partial charge in [-0.25, -0.2) is 0 Å². The van der Waals surface area contributed by atoms with Gasteiger partial charge in [0.2, 0.25) is 0 Å². The van der Waals surface area contributed by atoms with Crippen LogP contribution in [0.3, 0.4) is 0 Å². The minimum Gasteiger partial charge on any atom is -0.492 e. The zero-order valence-electron chi connectivity index (χ0n) is 10.7. The molecule has 3 nitrogen and oxygen atoms in total. The average Bonchev–Trinajstić information content (AvgIpc) is 2.33. The summed E-state index contributed by atoms with van der Waals surface area (Å²) in [5.41, 5.74) is 0. The predicted octanol–water partition coefficient (Wildman–Crippen LogP) is 2.99. The van der Waals surface area contributed by atoms with Gasteiger partial charge in [0.1, 0.15) is 12.4 Å². The summed E-state index contributed by atoms with van der Waals surface area (Å²) in [6, 6.07) is 8.52. The van der Waals surface area contributed by atoms with E-state index in [1.165, 1.54) is 0 Å². The quantitative estimate of drug-likeness (QED) is 0.785. The van der Waals surface area contributed by atoms with Gasteiger partial charge in [-0.05, 0) is 44.0 Å². The van der Waals surface area contributed by atoms with Crippen LogP contribution < -0.4 is 10.1 Å². The molecule has 0 amide bonds. The Morgan fingerprint density at radius 2 is 2.00 bits per heavy atom. The molecule has 0 aliphatic heterocycles. The lowest BCUT2D eigenvalue weighted by molar-refractivity contribution is -0.0103. The molecule has 0 spiro atoms. The van der Waals surface area contributed by atoms with E-state index in [-0.39, 0.29) is 0 Å². The van der Waals surface area contributed by atoms with Crippen LogP contribution >= 0.6 is 15.9 Å². The summed E-state index contributed by atoms with van der Waals surface area (Å²) in [6.45, 7) is 4.47. The lowest BCUT2D eigenvalue weighted by Gasteiger charge is -2.35. The van der Waals surface area contributed by atoms with Gasteiger partial charge in [0.15, 0.2) is 0 Å². The number of hydrogen-bond donors (Lipinski definition) is 1. The third-order valence-corrected chi connectivity index (χ3v) is 3.64. The molecule has 1 aliphatic carbocycles. The van der Waals surface area contributed by atoms with Crippen LogP contribution in [-0.2, 0) is 4.74 Å². The number of ether oxygens (including phenoxy) is 2. The smallest absolute Gasteiger partial charge is 0.119 e. The summed E-state index contributed by atoms with van der Waals surface area (Å²) in [5.74, 6) is 0.917. The monoisotopic (exact) mass is 313 g/mol. The summed E-state index contributed by atoms with van der Waals surface area (Å²) >= 11 is 3.40. The fourth-order valence-corrected chi connectivity index (χ4v) is 2.33. The number of hydrogen-bond acceptors (Lipinski definition) is 3. The topological polar surface area (TPSA) is 30.5 Å². The molecule has 100 valence electrons. The van der Waals surface area contributed by atoms with Gasteiger partial charge in [-0.3, -0.25) is 0 Å². The highest BCUT2D eigenvalue weighted by Gasteiger charge is 2.28. The molecule has 1 aromatic rings. The second-order valence-electron chi connectivity index (χ2n) is 4.50. The Morgan fingerprint density at radius 1 is 1.28 bits per heavy atom.